The third-order valence-corrected chi connectivity index (χ3v) is 5.33. The van der Waals surface area contributed by atoms with Gasteiger partial charge in [-0.3, -0.25) is 4.79 Å². The van der Waals surface area contributed by atoms with Crippen LogP contribution in [0.25, 0.3) is 5.52 Å². The zero-order valence-electron chi connectivity index (χ0n) is 18.4. The van der Waals surface area contributed by atoms with Gasteiger partial charge >= 0.3 is 5.97 Å². The van der Waals surface area contributed by atoms with E-state index in [-0.39, 0.29) is 18.5 Å². The Labute approximate surface area is 186 Å². The fourth-order valence-corrected chi connectivity index (χ4v) is 3.72. The van der Waals surface area contributed by atoms with Gasteiger partial charge in [-0.2, -0.15) is 5.10 Å². The predicted molar refractivity (Wildman–Crippen MR) is 116 cm³/mol. The summed E-state index contributed by atoms with van der Waals surface area (Å²) in [5.41, 5.74) is 8.31. The van der Waals surface area contributed by atoms with Gasteiger partial charge in [0.1, 0.15) is 36.8 Å². The summed E-state index contributed by atoms with van der Waals surface area (Å²) in [6, 6.07) is 13.4. The van der Waals surface area contributed by atoms with Gasteiger partial charge < -0.3 is 24.7 Å². The summed E-state index contributed by atoms with van der Waals surface area (Å²) in [6.45, 7) is 5.95. The maximum Gasteiger partial charge on any atom is 0.308 e. The normalized spacial score (nSPS) is 21.8. The van der Waals surface area contributed by atoms with Crippen LogP contribution in [0.2, 0.25) is 0 Å². The first kappa shape index (κ1) is 22.2. The molecule has 9 nitrogen and oxygen atoms in total. The third kappa shape index (κ3) is 4.45. The molecule has 3 aromatic rings. The number of carbonyl (C=O) groups is 1. The van der Waals surface area contributed by atoms with Crippen LogP contribution in [0.3, 0.4) is 0 Å². The standard InChI is InChI=1S/C23H28N4O5/c1-4-29-18(12-30-22(28)14(2)3)20-19(31-23(32-20)15-8-6-5-7-9-15)16-10-11-17-21(24)25-13-26-27(16)17/h5-11,13-14,18-20,23H,4,12H2,1-3H3,(H2,24,25,26)/t18-,19+,20-,23?/m1/s1. The molecular weight excluding hydrogens is 412 g/mol. The maximum absolute atomic E-state index is 12.1. The molecule has 1 unspecified atom stereocenters. The molecule has 32 heavy (non-hydrogen) atoms. The van der Waals surface area contributed by atoms with Crippen LogP contribution in [0.4, 0.5) is 5.82 Å². The summed E-state index contributed by atoms with van der Waals surface area (Å²) in [7, 11) is 0. The molecule has 0 amide bonds. The lowest BCUT2D eigenvalue weighted by atomic mass is 10.1. The first-order chi connectivity index (χ1) is 15.5. The van der Waals surface area contributed by atoms with Crippen molar-refractivity contribution in [2.24, 2.45) is 5.92 Å². The van der Waals surface area contributed by atoms with E-state index in [9.17, 15) is 4.79 Å². The maximum atomic E-state index is 12.1. The summed E-state index contributed by atoms with van der Waals surface area (Å²) in [4.78, 5) is 16.1. The molecule has 2 aromatic heterocycles. The minimum Gasteiger partial charge on any atom is -0.463 e. The van der Waals surface area contributed by atoms with Crippen molar-refractivity contribution in [3.63, 3.8) is 0 Å². The van der Waals surface area contributed by atoms with Crippen LogP contribution >= 0.6 is 0 Å². The molecule has 0 saturated carbocycles. The van der Waals surface area contributed by atoms with Gasteiger partial charge in [0.2, 0.25) is 0 Å². The van der Waals surface area contributed by atoms with Gasteiger partial charge in [-0.05, 0) is 19.1 Å². The van der Waals surface area contributed by atoms with Crippen molar-refractivity contribution >= 4 is 17.3 Å². The Bertz CT molecular complexity index is 1050. The number of fused-ring (bicyclic) bond motifs is 1. The highest BCUT2D eigenvalue weighted by Crippen LogP contribution is 2.42. The lowest BCUT2D eigenvalue weighted by Crippen LogP contribution is -2.38. The number of rotatable bonds is 8. The highest BCUT2D eigenvalue weighted by molar-refractivity contribution is 5.71. The van der Waals surface area contributed by atoms with Crippen molar-refractivity contribution in [2.75, 3.05) is 18.9 Å². The number of aromatic nitrogens is 3. The first-order valence-corrected chi connectivity index (χ1v) is 10.7. The predicted octanol–water partition coefficient (Wildman–Crippen LogP) is 3.07. The van der Waals surface area contributed by atoms with E-state index in [1.165, 1.54) is 6.33 Å². The molecule has 0 aliphatic carbocycles. The number of anilines is 1. The average Bonchev–Trinajstić information content (AvgIpc) is 3.42. The Morgan fingerprint density at radius 1 is 1.19 bits per heavy atom. The van der Waals surface area contributed by atoms with Gasteiger partial charge in [-0.25, -0.2) is 9.50 Å². The third-order valence-electron chi connectivity index (χ3n) is 5.33. The van der Waals surface area contributed by atoms with Crippen molar-refractivity contribution < 1.29 is 23.7 Å². The van der Waals surface area contributed by atoms with Crippen LogP contribution in [-0.4, -0.2) is 46.0 Å². The van der Waals surface area contributed by atoms with Gasteiger partial charge in [-0.1, -0.05) is 44.2 Å². The van der Waals surface area contributed by atoms with E-state index in [4.69, 9.17) is 24.7 Å². The molecule has 0 radical (unpaired) electrons. The summed E-state index contributed by atoms with van der Waals surface area (Å²) < 4.78 is 25.9. The molecule has 9 heteroatoms. The molecule has 4 atom stereocenters. The van der Waals surface area contributed by atoms with Crippen molar-refractivity contribution in [3.05, 3.63) is 60.0 Å². The van der Waals surface area contributed by atoms with Crippen molar-refractivity contribution in [1.29, 1.82) is 0 Å². The van der Waals surface area contributed by atoms with Crippen molar-refractivity contribution in [3.8, 4) is 0 Å². The fraction of sp³-hybridized carbons (Fsp3) is 0.435. The summed E-state index contributed by atoms with van der Waals surface area (Å²) in [6.07, 6.45) is -0.831. The lowest BCUT2D eigenvalue weighted by molar-refractivity contribution is -0.157. The van der Waals surface area contributed by atoms with Gasteiger partial charge in [0.15, 0.2) is 12.1 Å². The van der Waals surface area contributed by atoms with Crippen LogP contribution in [0.1, 0.15) is 44.4 Å². The van der Waals surface area contributed by atoms with Crippen LogP contribution < -0.4 is 5.73 Å². The Morgan fingerprint density at radius 3 is 2.69 bits per heavy atom. The second-order valence-electron chi connectivity index (χ2n) is 7.88. The zero-order valence-corrected chi connectivity index (χ0v) is 18.4. The quantitative estimate of drug-likeness (QED) is 0.532. The monoisotopic (exact) mass is 440 g/mol. The number of hydrogen-bond donors (Lipinski definition) is 1. The van der Waals surface area contributed by atoms with Crippen LogP contribution in [0, 0.1) is 5.92 Å². The molecule has 0 spiro atoms. The molecule has 4 rings (SSSR count). The Hall–Kier alpha value is -3.01. The second kappa shape index (κ2) is 9.64. The number of nitrogens with zero attached hydrogens (tertiary/aromatic N) is 3. The molecule has 3 heterocycles. The van der Waals surface area contributed by atoms with E-state index in [1.54, 1.807) is 18.4 Å². The highest BCUT2D eigenvalue weighted by atomic mass is 16.7. The van der Waals surface area contributed by atoms with E-state index in [1.807, 2.05) is 49.4 Å². The average molecular weight is 441 g/mol. The second-order valence-corrected chi connectivity index (χ2v) is 7.88. The number of nitrogens with two attached hydrogens (primary N) is 1. The summed E-state index contributed by atoms with van der Waals surface area (Å²) in [5, 5.41) is 4.35. The van der Waals surface area contributed by atoms with Crippen LogP contribution in [0.5, 0.6) is 0 Å². The summed E-state index contributed by atoms with van der Waals surface area (Å²) in [5.74, 6) is -0.160. The molecule has 1 saturated heterocycles. The van der Waals surface area contributed by atoms with Crippen molar-refractivity contribution in [1.82, 2.24) is 14.6 Å². The Balaban J connectivity index is 1.68. The fourth-order valence-electron chi connectivity index (χ4n) is 3.72. The first-order valence-electron chi connectivity index (χ1n) is 10.7. The van der Waals surface area contributed by atoms with Crippen LogP contribution in [0.15, 0.2) is 48.8 Å². The van der Waals surface area contributed by atoms with Crippen LogP contribution in [-0.2, 0) is 23.7 Å². The number of carbonyl (C=O) groups excluding carboxylic acids is 1. The Morgan fingerprint density at radius 2 is 1.97 bits per heavy atom. The minimum absolute atomic E-state index is 0.0529. The van der Waals surface area contributed by atoms with Gasteiger partial charge in [0.25, 0.3) is 0 Å². The molecular formula is C23H28N4O5. The molecule has 0 bridgehead atoms. The van der Waals surface area contributed by atoms with Gasteiger partial charge in [0, 0.05) is 12.2 Å². The molecule has 1 aliphatic heterocycles. The van der Waals surface area contributed by atoms with E-state index in [2.05, 4.69) is 10.1 Å². The van der Waals surface area contributed by atoms with E-state index < -0.39 is 24.6 Å². The molecule has 2 N–H and O–H groups in total. The number of nitrogen functional groups attached to an aromatic ring is 1. The minimum atomic E-state index is -0.611. The largest absolute Gasteiger partial charge is 0.463 e. The van der Waals surface area contributed by atoms with Crippen molar-refractivity contribution in [2.45, 2.75) is 45.4 Å². The SMILES string of the molecule is CCO[C@H](COC(=O)C(C)C)[C@H]1OC(c2ccccc2)O[C@H]1c1ccc2c(N)ncnn12. The van der Waals surface area contributed by atoms with E-state index in [0.29, 0.717) is 17.9 Å². The zero-order chi connectivity index (χ0) is 22.7. The van der Waals surface area contributed by atoms with Gasteiger partial charge in [-0.15, -0.1) is 0 Å². The molecule has 1 fully saturated rings. The van der Waals surface area contributed by atoms with E-state index in [0.717, 1.165) is 11.3 Å². The topological polar surface area (TPSA) is 110 Å². The molecule has 1 aromatic carbocycles. The van der Waals surface area contributed by atoms with Gasteiger partial charge in [0.05, 0.1) is 11.6 Å². The molecule has 170 valence electrons. The number of esters is 1. The highest BCUT2D eigenvalue weighted by Gasteiger charge is 2.45. The number of benzene rings is 1. The summed E-state index contributed by atoms with van der Waals surface area (Å²) >= 11 is 0. The number of ether oxygens (including phenoxy) is 4. The molecule has 1 aliphatic rings. The Kier molecular flexibility index (Phi) is 6.69. The lowest BCUT2D eigenvalue weighted by Gasteiger charge is -2.26. The number of hydrogen-bond acceptors (Lipinski definition) is 8. The van der Waals surface area contributed by atoms with E-state index >= 15 is 0 Å². The smallest absolute Gasteiger partial charge is 0.308 e.